The summed E-state index contributed by atoms with van der Waals surface area (Å²) in [6.07, 6.45) is 0.948. The Bertz CT molecular complexity index is 1340. The molecular formula is C30H25NOS. The number of hydrogen-bond donors (Lipinski definition) is 0. The first-order valence-electron chi connectivity index (χ1n) is 11.5. The third-order valence-corrected chi connectivity index (χ3v) is 8.18. The molecule has 6 rings (SSSR count). The van der Waals surface area contributed by atoms with Gasteiger partial charge in [-0.3, -0.25) is 4.79 Å². The SMILES string of the molecule is C[C@]12C(C(=O)c3cccs3)=C(c3ccccc3)[C@H]1Cc1ccccc1N2Cc1ccccc1. The predicted molar refractivity (Wildman–Crippen MR) is 137 cm³/mol. The van der Waals surface area contributed by atoms with Crippen LogP contribution in [0.4, 0.5) is 5.69 Å². The predicted octanol–water partition coefficient (Wildman–Crippen LogP) is 7.04. The maximum Gasteiger partial charge on any atom is 0.201 e. The van der Waals surface area contributed by atoms with Crippen LogP contribution in [0.15, 0.2) is 108 Å². The Morgan fingerprint density at radius 1 is 0.909 bits per heavy atom. The van der Waals surface area contributed by atoms with Crippen LogP contribution in [0.1, 0.15) is 33.3 Å². The van der Waals surface area contributed by atoms with E-state index >= 15 is 0 Å². The van der Waals surface area contributed by atoms with Gasteiger partial charge in [0.05, 0.1) is 10.4 Å². The normalized spacial score (nSPS) is 21.2. The molecule has 1 aliphatic carbocycles. The minimum Gasteiger partial charge on any atom is -0.357 e. The number of rotatable bonds is 5. The van der Waals surface area contributed by atoms with E-state index in [1.54, 1.807) is 0 Å². The van der Waals surface area contributed by atoms with E-state index in [4.69, 9.17) is 0 Å². The molecule has 1 aromatic heterocycles. The molecule has 3 heteroatoms. The van der Waals surface area contributed by atoms with Crippen molar-refractivity contribution in [1.82, 2.24) is 0 Å². The molecule has 0 unspecified atom stereocenters. The fourth-order valence-corrected chi connectivity index (χ4v) is 6.40. The number of nitrogens with zero attached hydrogens (tertiary/aromatic N) is 1. The zero-order valence-corrected chi connectivity index (χ0v) is 19.4. The molecule has 162 valence electrons. The van der Waals surface area contributed by atoms with Gasteiger partial charge < -0.3 is 4.90 Å². The Morgan fingerprint density at radius 2 is 1.61 bits per heavy atom. The van der Waals surface area contributed by atoms with E-state index in [0.29, 0.717) is 0 Å². The van der Waals surface area contributed by atoms with Gasteiger partial charge in [-0.2, -0.15) is 0 Å². The van der Waals surface area contributed by atoms with Crippen molar-refractivity contribution in [3.8, 4) is 0 Å². The highest BCUT2D eigenvalue weighted by molar-refractivity contribution is 7.12. The molecule has 2 heterocycles. The molecule has 4 aromatic rings. The fraction of sp³-hybridized carbons (Fsp3) is 0.167. The van der Waals surface area contributed by atoms with Crippen molar-refractivity contribution in [3.63, 3.8) is 0 Å². The summed E-state index contributed by atoms with van der Waals surface area (Å²) in [7, 11) is 0. The van der Waals surface area contributed by atoms with Crippen LogP contribution in [-0.4, -0.2) is 11.3 Å². The Hall–Kier alpha value is -3.43. The lowest BCUT2D eigenvalue weighted by atomic mass is 9.55. The van der Waals surface area contributed by atoms with Crippen LogP contribution in [0.2, 0.25) is 0 Å². The molecule has 0 fully saturated rings. The van der Waals surface area contributed by atoms with Crippen LogP contribution in [0.5, 0.6) is 0 Å². The van der Waals surface area contributed by atoms with Crippen molar-refractivity contribution in [3.05, 3.63) is 130 Å². The summed E-state index contributed by atoms with van der Waals surface area (Å²) < 4.78 is 0. The second-order valence-electron chi connectivity index (χ2n) is 9.07. The van der Waals surface area contributed by atoms with Gasteiger partial charge in [0, 0.05) is 23.7 Å². The molecule has 2 nitrogen and oxygen atoms in total. The Morgan fingerprint density at radius 3 is 2.33 bits per heavy atom. The zero-order chi connectivity index (χ0) is 22.4. The summed E-state index contributed by atoms with van der Waals surface area (Å²) in [5.41, 5.74) is 6.81. The quantitative estimate of drug-likeness (QED) is 0.306. The molecule has 0 bridgehead atoms. The minimum absolute atomic E-state index is 0.167. The summed E-state index contributed by atoms with van der Waals surface area (Å²) in [5.74, 6) is 0.428. The van der Waals surface area contributed by atoms with E-state index in [1.165, 1.54) is 39.3 Å². The zero-order valence-electron chi connectivity index (χ0n) is 18.6. The third-order valence-electron chi connectivity index (χ3n) is 7.31. The van der Waals surface area contributed by atoms with Gasteiger partial charge in [0.1, 0.15) is 0 Å². The van der Waals surface area contributed by atoms with E-state index in [9.17, 15) is 4.79 Å². The lowest BCUT2D eigenvalue weighted by Gasteiger charge is -2.60. The molecule has 3 aromatic carbocycles. The second kappa shape index (κ2) is 7.86. The molecule has 33 heavy (non-hydrogen) atoms. The van der Waals surface area contributed by atoms with Crippen LogP contribution >= 0.6 is 11.3 Å². The molecule has 2 aliphatic rings. The van der Waals surface area contributed by atoms with Crippen molar-refractivity contribution in [2.75, 3.05) is 4.90 Å². The number of ketones is 1. The number of benzene rings is 3. The first kappa shape index (κ1) is 20.2. The highest BCUT2D eigenvalue weighted by atomic mass is 32.1. The van der Waals surface area contributed by atoms with Crippen molar-refractivity contribution in [2.24, 2.45) is 5.92 Å². The lowest BCUT2D eigenvalue weighted by Crippen LogP contribution is -2.64. The monoisotopic (exact) mass is 447 g/mol. The van der Waals surface area contributed by atoms with E-state index in [-0.39, 0.29) is 17.2 Å². The molecular weight excluding hydrogens is 422 g/mol. The molecule has 1 aliphatic heterocycles. The molecule has 0 amide bonds. The van der Waals surface area contributed by atoms with Gasteiger partial charge in [-0.15, -0.1) is 11.3 Å². The average Bonchev–Trinajstić information content (AvgIpc) is 3.40. The molecule has 2 atom stereocenters. The average molecular weight is 448 g/mol. The molecule has 0 saturated carbocycles. The minimum atomic E-state index is -0.365. The van der Waals surface area contributed by atoms with E-state index in [2.05, 4.69) is 90.7 Å². The number of carbonyl (C=O) groups excluding carboxylic acids is 1. The topological polar surface area (TPSA) is 20.3 Å². The summed E-state index contributed by atoms with van der Waals surface area (Å²) in [4.78, 5) is 17.3. The van der Waals surface area contributed by atoms with Crippen molar-refractivity contribution in [2.45, 2.75) is 25.4 Å². The van der Waals surface area contributed by atoms with Gasteiger partial charge in [0.15, 0.2) is 0 Å². The summed E-state index contributed by atoms with van der Waals surface area (Å²) in [6.45, 7) is 3.05. The van der Waals surface area contributed by atoms with Gasteiger partial charge >= 0.3 is 0 Å². The number of fused-ring (bicyclic) bond motifs is 2. The summed E-state index contributed by atoms with van der Waals surface area (Å²) >= 11 is 1.53. The van der Waals surface area contributed by atoms with Crippen molar-refractivity contribution < 1.29 is 4.79 Å². The number of Topliss-reactive ketones (excluding diaryl/α,β-unsaturated/α-hetero) is 1. The second-order valence-corrected chi connectivity index (χ2v) is 10.0. The number of hydrogen-bond acceptors (Lipinski definition) is 3. The lowest BCUT2D eigenvalue weighted by molar-refractivity contribution is 0.0998. The highest BCUT2D eigenvalue weighted by Gasteiger charge is 2.59. The maximum atomic E-state index is 14.0. The fourth-order valence-electron chi connectivity index (χ4n) is 5.73. The molecule has 0 radical (unpaired) electrons. The van der Waals surface area contributed by atoms with Crippen molar-refractivity contribution >= 4 is 28.4 Å². The molecule has 0 spiro atoms. The first-order valence-corrected chi connectivity index (χ1v) is 12.3. The summed E-state index contributed by atoms with van der Waals surface area (Å²) in [6, 6.07) is 33.7. The van der Waals surface area contributed by atoms with E-state index < -0.39 is 0 Å². The highest BCUT2D eigenvalue weighted by Crippen LogP contribution is 2.59. The first-order chi connectivity index (χ1) is 16.2. The van der Waals surface area contributed by atoms with Gasteiger partial charge in [0.2, 0.25) is 5.78 Å². The Balaban J connectivity index is 1.56. The van der Waals surface area contributed by atoms with Gasteiger partial charge in [-0.1, -0.05) is 84.9 Å². The van der Waals surface area contributed by atoms with Crippen LogP contribution in [0, 0.1) is 5.92 Å². The van der Waals surface area contributed by atoms with Gasteiger partial charge in [-0.25, -0.2) is 0 Å². The number of thiophene rings is 1. The smallest absolute Gasteiger partial charge is 0.201 e. The summed E-state index contributed by atoms with van der Waals surface area (Å²) in [5, 5.41) is 1.99. The Kier molecular flexibility index (Phi) is 4.81. The standard InChI is InChI=1S/C30H25NOS/c1-30-24(19-23-15-8-9-16-25(23)31(30)20-21-11-4-2-5-12-21)27(22-13-6-3-7-14-22)28(30)29(32)26-17-10-18-33-26/h2-18,24H,19-20H2,1H3/t24-,30-/m1/s1. The number of carbonyl (C=O) groups is 1. The maximum absolute atomic E-state index is 14.0. The largest absolute Gasteiger partial charge is 0.357 e. The number of anilines is 1. The van der Waals surface area contributed by atoms with E-state index in [0.717, 1.165) is 23.4 Å². The van der Waals surface area contributed by atoms with Crippen LogP contribution < -0.4 is 4.90 Å². The van der Waals surface area contributed by atoms with Crippen molar-refractivity contribution in [1.29, 1.82) is 0 Å². The number of para-hydroxylation sites is 1. The Labute approximate surface area is 198 Å². The third kappa shape index (κ3) is 3.11. The molecule has 0 saturated heterocycles. The van der Waals surface area contributed by atoms with Crippen LogP contribution in [0.25, 0.3) is 5.57 Å². The van der Waals surface area contributed by atoms with E-state index in [1.807, 2.05) is 23.6 Å². The van der Waals surface area contributed by atoms with Crippen LogP contribution in [-0.2, 0) is 13.0 Å². The molecule has 0 N–H and O–H groups in total. The van der Waals surface area contributed by atoms with Gasteiger partial charge in [0.25, 0.3) is 0 Å². The van der Waals surface area contributed by atoms with Gasteiger partial charge in [-0.05, 0) is 53.1 Å². The van der Waals surface area contributed by atoms with Crippen LogP contribution in [0.3, 0.4) is 0 Å².